The van der Waals surface area contributed by atoms with E-state index in [1.54, 1.807) is 4.90 Å². The monoisotopic (exact) mass is 161 g/mol. The summed E-state index contributed by atoms with van der Waals surface area (Å²) in [5.41, 5.74) is -0.0602. The standard InChI is InChI=1S/C8H13F2N/c1-4-7(8(9)10)11(5-2)6-3/h4H,1,5-6H2,2-3H3. The first-order chi connectivity index (χ1) is 5.17. The van der Waals surface area contributed by atoms with Crippen molar-refractivity contribution in [3.8, 4) is 0 Å². The Kier molecular flexibility index (Phi) is 4.50. The summed E-state index contributed by atoms with van der Waals surface area (Å²) in [4.78, 5) is 1.56. The van der Waals surface area contributed by atoms with Gasteiger partial charge in [0, 0.05) is 13.1 Å². The zero-order chi connectivity index (χ0) is 8.85. The number of hydrogen-bond acceptors (Lipinski definition) is 1. The van der Waals surface area contributed by atoms with Gasteiger partial charge in [-0.05, 0) is 19.9 Å². The van der Waals surface area contributed by atoms with E-state index in [0.29, 0.717) is 13.1 Å². The van der Waals surface area contributed by atoms with Crippen molar-refractivity contribution in [3.05, 3.63) is 24.4 Å². The fourth-order valence-electron chi connectivity index (χ4n) is 0.890. The molecular formula is C8H13F2N. The third-order valence-corrected chi connectivity index (χ3v) is 1.49. The topological polar surface area (TPSA) is 3.24 Å². The lowest BCUT2D eigenvalue weighted by Gasteiger charge is -2.20. The van der Waals surface area contributed by atoms with Crippen molar-refractivity contribution in [2.75, 3.05) is 13.1 Å². The Bertz CT molecular complexity index is 155. The van der Waals surface area contributed by atoms with Crippen LogP contribution in [0.2, 0.25) is 0 Å². The van der Waals surface area contributed by atoms with Gasteiger partial charge in [0.15, 0.2) is 0 Å². The van der Waals surface area contributed by atoms with E-state index >= 15 is 0 Å². The molecule has 0 aliphatic carbocycles. The molecule has 0 radical (unpaired) electrons. The third-order valence-electron chi connectivity index (χ3n) is 1.49. The number of hydrogen-bond donors (Lipinski definition) is 0. The zero-order valence-electron chi connectivity index (χ0n) is 6.90. The molecule has 64 valence electrons. The zero-order valence-corrected chi connectivity index (χ0v) is 6.90. The van der Waals surface area contributed by atoms with E-state index in [1.165, 1.54) is 6.08 Å². The average Bonchev–Trinajstić information content (AvgIpc) is 1.99. The van der Waals surface area contributed by atoms with Crippen LogP contribution < -0.4 is 0 Å². The number of likely N-dealkylation sites (N-methyl/N-ethyl adjacent to an activating group) is 1. The van der Waals surface area contributed by atoms with Crippen LogP contribution in [0, 0.1) is 0 Å². The maximum absolute atomic E-state index is 12.1. The van der Waals surface area contributed by atoms with Crippen molar-refractivity contribution in [2.45, 2.75) is 13.8 Å². The summed E-state index contributed by atoms with van der Waals surface area (Å²) in [5, 5.41) is 0. The minimum atomic E-state index is -1.66. The Hall–Kier alpha value is -0.860. The van der Waals surface area contributed by atoms with Crippen LogP contribution in [0.1, 0.15) is 13.8 Å². The molecule has 11 heavy (non-hydrogen) atoms. The van der Waals surface area contributed by atoms with Crippen LogP contribution in [-0.4, -0.2) is 18.0 Å². The van der Waals surface area contributed by atoms with E-state index in [2.05, 4.69) is 6.58 Å². The Balaban J connectivity index is 4.48. The summed E-state index contributed by atoms with van der Waals surface area (Å²) in [5.74, 6) is 0. The Morgan fingerprint density at radius 3 is 1.91 bits per heavy atom. The van der Waals surface area contributed by atoms with Gasteiger partial charge in [0.1, 0.15) is 5.70 Å². The van der Waals surface area contributed by atoms with Crippen LogP contribution >= 0.6 is 0 Å². The molecule has 0 aromatic rings. The maximum Gasteiger partial charge on any atom is 0.293 e. The van der Waals surface area contributed by atoms with Crippen molar-refractivity contribution in [2.24, 2.45) is 0 Å². The van der Waals surface area contributed by atoms with Crippen molar-refractivity contribution < 1.29 is 8.78 Å². The Morgan fingerprint density at radius 1 is 1.36 bits per heavy atom. The molecule has 0 spiro atoms. The highest BCUT2D eigenvalue weighted by atomic mass is 19.3. The molecule has 0 N–H and O–H groups in total. The van der Waals surface area contributed by atoms with Gasteiger partial charge in [-0.3, -0.25) is 0 Å². The highest BCUT2D eigenvalue weighted by Crippen LogP contribution is 2.13. The van der Waals surface area contributed by atoms with E-state index in [-0.39, 0.29) is 5.70 Å². The number of nitrogens with zero attached hydrogens (tertiary/aromatic N) is 1. The minimum absolute atomic E-state index is 0.0602. The van der Waals surface area contributed by atoms with Crippen LogP contribution in [0.3, 0.4) is 0 Å². The van der Waals surface area contributed by atoms with Gasteiger partial charge in [0.2, 0.25) is 0 Å². The second kappa shape index (κ2) is 4.88. The molecule has 0 saturated heterocycles. The largest absolute Gasteiger partial charge is 0.368 e. The van der Waals surface area contributed by atoms with Crippen molar-refractivity contribution in [1.82, 2.24) is 4.90 Å². The van der Waals surface area contributed by atoms with E-state index in [4.69, 9.17) is 0 Å². The van der Waals surface area contributed by atoms with Gasteiger partial charge in [-0.1, -0.05) is 6.58 Å². The van der Waals surface area contributed by atoms with E-state index in [0.717, 1.165) is 0 Å². The molecule has 0 unspecified atom stereocenters. The predicted molar refractivity (Wildman–Crippen MR) is 42.4 cm³/mol. The maximum atomic E-state index is 12.1. The first kappa shape index (κ1) is 10.1. The number of halogens is 2. The fourth-order valence-corrected chi connectivity index (χ4v) is 0.890. The van der Waals surface area contributed by atoms with Crippen molar-refractivity contribution in [3.63, 3.8) is 0 Å². The normalized spacial score (nSPS) is 9.09. The van der Waals surface area contributed by atoms with Gasteiger partial charge in [-0.2, -0.15) is 8.78 Å². The molecule has 0 aromatic carbocycles. The summed E-state index contributed by atoms with van der Waals surface area (Å²) in [6.45, 7) is 8.14. The second-order valence-electron chi connectivity index (χ2n) is 2.02. The van der Waals surface area contributed by atoms with Gasteiger partial charge in [0.05, 0.1) is 0 Å². The highest BCUT2D eigenvalue weighted by Gasteiger charge is 2.07. The lowest BCUT2D eigenvalue weighted by molar-refractivity contribution is 0.331. The van der Waals surface area contributed by atoms with Gasteiger partial charge in [-0.25, -0.2) is 0 Å². The van der Waals surface area contributed by atoms with E-state index < -0.39 is 6.08 Å². The molecule has 0 bridgehead atoms. The molecule has 0 saturated carbocycles. The number of rotatable bonds is 4. The van der Waals surface area contributed by atoms with E-state index in [9.17, 15) is 8.78 Å². The predicted octanol–water partition coefficient (Wildman–Crippen LogP) is 2.62. The van der Waals surface area contributed by atoms with Crippen molar-refractivity contribution >= 4 is 0 Å². The van der Waals surface area contributed by atoms with Crippen LogP contribution in [0.4, 0.5) is 8.78 Å². The lowest BCUT2D eigenvalue weighted by Crippen LogP contribution is -2.21. The molecule has 0 aromatic heterocycles. The first-order valence-electron chi connectivity index (χ1n) is 3.60. The van der Waals surface area contributed by atoms with Gasteiger partial charge in [0.25, 0.3) is 6.08 Å². The van der Waals surface area contributed by atoms with Gasteiger partial charge < -0.3 is 4.90 Å². The Labute approximate surface area is 66.0 Å². The smallest absolute Gasteiger partial charge is 0.293 e. The first-order valence-corrected chi connectivity index (χ1v) is 3.60. The number of allylic oxidation sites excluding steroid dienone is 1. The quantitative estimate of drug-likeness (QED) is 0.573. The average molecular weight is 161 g/mol. The fraction of sp³-hybridized carbons (Fsp3) is 0.500. The molecule has 0 aliphatic heterocycles. The summed E-state index contributed by atoms with van der Waals surface area (Å²) in [7, 11) is 0. The van der Waals surface area contributed by atoms with Gasteiger partial charge in [-0.15, -0.1) is 0 Å². The van der Waals surface area contributed by atoms with Crippen LogP contribution in [0.25, 0.3) is 0 Å². The highest BCUT2D eigenvalue weighted by molar-refractivity contribution is 5.15. The molecule has 0 rings (SSSR count). The Morgan fingerprint density at radius 2 is 1.82 bits per heavy atom. The molecule has 0 atom stereocenters. The summed E-state index contributed by atoms with van der Waals surface area (Å²) < 4.78 is 24.2. The molecule has 3 heteroatoms. The van der Waals surface area contributed by atoms with E-state index in [1.807, 2.05) is 13.8 Å². The summed E-state index contributed by atoms with van der Waals surface area (Å²) in [6.07, 6.45) is -0.480. The third kappa shape index (κ3) is 2.70. The lowest BCUT2D eigenvalue weighted by atomic mass is 10.4. The summed E-state index contributed by atoms with van der Waals surface area (Å²) >= 11 is 0. The molecule has 0 fully saturated rings. The molecule has 0 amide bonds. The molecular weight excluding hydrogens is 148 g/mol. The molecule has 0 aliphatic rings. The minimum Gasteiger partial charge on any atom is -0.368 e. The van der Waals surface area contributed by atoms with Crippen LogP contribution in [-0.2, 0) is 0 Å². The van der Waals surface area contributed by atoms with Crippen LogP contribution in [0.15, 0.2) is 24.4 Å². The summed E-state index contributed by atoms with van der Waals surface area (Å²) in [6, 6.07) is 0. The van der Waals surface area contributed by atoms with Crippen LogP contribution in [0.5, 0.6) is 0 Å². The van der Waals surface area contributed by atoms with Crippen molar-refractivity contribution in [1.29, 1.82) is 0 Å². The van der Waals surface area contributed by atoms with Gasteiger partial charge >= 0.3 is 0 Å². The molecule has 1 nitrogen and oxygen atoms in total. The second-order valence-corrected chi connectivity index (χ2v) is 2.02. The SMILES string of the molecule is C=CC(=C(F)F)N(CC)CC. The molecule has 0 heterocycles.